The van der Waals surface area contributed by atoms with E-state index in [0.29, 0.717) is 0 Å². The minimum Gasteiger partial charge on any atom is -0.455 e. The second kappa shape index (κ2) is 5.07. The van der Waals surface area contributed by atoms with E-state index in [2.05, 4.69) is 81.8 Å². The van der Waals surface area contributed by atoms with Crippen LogP contribution in [0.15, 0.2) is 42.5 Å². The maximum absolute atomic E-state index is 6.58. The molecule has 0 aliphatic carbocycles. The van der Waals surface area contributed by atoms with Crippen molar-refractivity contribution < 1.29 is 9.30 Å². The minimum absolute atomic E-state index is 0.999. The summed E-state index contributed by atoms with van der Waals surface area (Å²) < 4.78 is 8.89. The molecule has 26 heavy (non-hydrogen) atoms. The largest absolute Gasteiger partial charge is 0.455 e. The first kappa shape index (κ1) is 15.4. The summed E-state index contributed by atoms with van der Waals surface area (Å²) in [4.78, 5) is 0. The number of pyridine rings is 1. The number of aromatic nitrogens is 1. The quantitative estimate of drug-likeness (QED) is 0.324. The Labute approximate surface area is 153 Å². The molecule has 1 aliphatic rings. The molecule has 4 aromatic rings. The summed E-state index contributed by atoms with van der Waals surface area (Å²) >= 11 is 0. The number of hydrogen-bond donors (Lipinski definition) is 0. The Kier molecular flexibility index (Phi) is 3.00. The molecule has 5 rings (SSSR count). The van der Waals surface area contributed by atoms with Crippen molar-refractivity contribution in [1.82, 2.24) is 0 Å². The van der Waals surface area contributed by atoms with Gasteiger partial charge in [-0.25, -0.2) is 0 Å². The highest BCUT2D eigenvalue weighted by Gasteiger charge is 2.33. The van der Waals surface area contributed by atoms with Crippen LogP contribution in [0.5, 0.6) is 11.5 Å². The monoisotopic (exact) mass is 340 g/mol. The first-order valence-corrected chi connectivity index (χ1v) is 9.12. The predicted molar refractivity (Wildman–Crippen MR) is 107 cm³/mol. The molecule has 0 saturated carbocycles. The molecule has 2 heteroatoms. The van der Waals surface area contributed by atoms with E-state index in [0.717, 1.165) is 11.5 Å². The maximum atomic E-state index is 6.58. The van der Waals surface area contributed by atoms with E-state index in [-0.39, 0.29) is 0 Å². The Morgan fingerprint density at radius 1 is 0.808 bits per heavy atom. The van der Waals surface area contributed by atoms with Crippen molar-refractivity contribution in [3.05, 3.63) is 64.8 Å². The van der Waals surface area contributed by atoms with Crippen molar-refractivity contribution in [3.63, 3.8) is 0 Å². The fourth-order valence-corrected chi connectivity index (χ4v) is 4.42. The normalized spacial score (nSPS) is 12.3. The fourth-order valence-electron chi connectivity index (χ4n) is 4.42. The van der Waals surface area contributed by atoms with Gasteiger partial charge in [0.2, 0.25) is 5.69 Å². The third kappa shape index (κ3) is 1.79. The van der Waals surface area contributed by atoms with Crippen LogP contribution in [0.3, 0.4) is 0 Å². The lowest BCUT2D eigenvalue weighted by atomic mass is 9.88. The molecule has 0 atom stereocenters. The average molecular weight is 340 g/mol. The van der Waals surface area contributed by atoms with E-state index in [4.69, 9.17) is 4.74 Å². The van der Waals surface area contributed by atoms with Crippen molar-refractivity contribution in [2.45, 2.75) is 27.7 Å². The fraction of sp³-hybridized carbons (Fsp3) is 0.208. The van der Waals surface area contributed by atoms with Gasteiger partial charge in [0.25, 0.3) is 0 Å². The first-order chi connectivity index (χ1) is 12.5. The van der Waals surface area contributed by atoms with Gasteiger partial charge in [0, 0.05) is 18.6 Å². The number of nitrogens with zero attached hydrogens (tertiary/aromatic N) is 1. The van der Waals surface area contributed by atoms with Gasteiger partial charge in [-0.2, -0.15) is 4.57 Å². The molecule has 0 bridgehead atoms. The number of rotatable bonds is 0. The van der Waals surface area contributed by atoms with Gasteiger partial charge < -0.3 is 4.74 Å². The molecule has 2 heterocycles. The highest BCUT2D eigenvalue weighted by Crippen LogP contribution is 2.51. The Morgan fingerprint density at radius 2 is 1.50 bits per heavy atom. The standard InChI is InChI=1S/C24H22NO/c1-13-10-11-17-12-14(2)25(5)22-20-15(3)18-8-6-7-9-19(18)16(4)24(20)26-23(13)21(17)22/h6-12H,1-5H3/q+1. The van der Waals surface area contributed by atoms with Crippen molar-refractivity contribution in [2.75, 3.05) is 0 Å². The van der Waals surface area contributed by atoms with Gasteiger partial charge in [-0.3, -0.25) is 0 Å². The van der Waals surface area contributed by atoms with E-state index >= 15 is 0 Å². The molecule has 2 nitrogen and oxygen atoms in total. The lowest BCUT2D eigenvalue weighted by molar-refractivity contribution is -0.665. The molecule has 128 valence electrons. The molecule has 0 radical (unpaired) electrons. The summed E-state index contributed by atoms with van der Waals surface area (Å²) in [6.07, 6.45) is 0. The minimum atomic E-state index is 0.999. The zero-order valence-electron chi connectivity index (χ0n) is 15.9. The molecule has 1 aliphatic heterocycles. The van der Waals surface area contributed by atoms with Crippen LogP contribution in [-0.4, -0.2) is 0 Å². The number of aryl methyl sites for hydroxylation is 4. The first-order valence-electron chi connectivity index (χ1n) is 9.12. The lowest BCUT2D eigenvalue weighted by Gasteiger charge is -2.25. The predicted octanol–water partition coefficient (Wildman–Crippen LogP) is 5.82. The van der Waals surface area contributed by atoms with Gasteiger partial charge in [-0.05, 0) is 48.1 Å². The van der Waals surface area contributed by atoms with Gasteiger partial charge in [-0.15, -0.1) is 0 Å². The second-order valence-electron chi connectivity index (χ2n) is 7.47. The molecule has 0 saturated heterocycles. The van der Waals surface area contributed by atoms with E-state index in [9.17, 15) is 0 Å². The Balaban J connectivity index is 2.08. The zero-order valence-corrected chi connectivity index (χ0v) is 15.9. The van der Waals surface area contributed by atoms with Gasteiger partial charge in [0.1, 0.15) is 18.5 Å². The summed E-state index contributed by atoms with van der Waals surface area (Å²) in [5.74, 6) is 2.00. The van der Waals surface area contributed by atoms with Gasteiger partial charge in [-0.1, -0.05) is 36.4 Å². The highest BCUT2D eigenvalue weighted by molar-refractivity contribution is 6.07. The lowest BCUT2D eigenvalue weighted by Crippen LogP contribution is -2.36. The average Bonchev–Trinajstić information content (AvgIpc) is 2.65. The van der Waals surface area contributed by atoms with Gasteiger partial charge in [0.05, 0.1) is 10.9 Å². The summed E-state index contributed by atoms with van der Waals surface area (Å²) in [6, 6.07) is 15.3. The highest BCUT2D eigenvalue weighted by atomic mass is 16.5. The van der Waals surface area contributed by atoms with E-state index < -0.39 is 0 Å². The van der Waals surface area contributed by atoms with Crippen LogP contribution in [0, 0.1) is 27.7 Å². The number of benzene rings is 3. The molecular weight excluding hydrogens is 318 g/mol. The number of ether oxygens (including phenoxy) is 1. The summed E-state index contributed by atoms with van der Waals surface area (Å²) in [5, 5.41) is 5.04. The molecule has 0 amide bonds. The van der Waals surface area contributed by atoms with Crippen LogP contribution >= 0.6 is 0 Å². The van der Waals surface area contributed by atoms with Gasteiger partial charge in [0.15, 0.2) is 5.69 Å². The van der Waals surface area contributed by atoms with Crippen molar-refractivity contribution in [2.24, 2.45) is 7.05 Å². The van der Waals surface area contributed by atoms with Crippen LogP contribution in [0.1, 0.15) is 22.4 Å². The smallest absolute Gasteiger partial charge is 0.228 e. The summed E-state index contributed by atoms with van der Waals surface area (Å²) in [7, 11) is 2.16. The Morgan fingerprint density at radius 3 is 2.23 bits per heavy atom. The maximum Gasteiger partial charge on any atom is 0.228 e. The van der Waals surface area contributed by atoms with Crippen LogP contribution in [0.2, 0.25) is 0 Å². The van der Waals surface area contributed by atoms with Crippen LogP contribution in [0.25, 0.3) is 32.8 Å². The molecule has 0 spiro atoms. The molecular formula is C24H22NO+. The number of hydrogen-bond acceptors (Lipinski definition) is 1. The van der Waals surface area contributed by atoms with E-state index in [1.165, 1.54) is 55.2 Å². The molecule has 1 aromatic heterocycles. The molecule has 3 aromatic carbocycles. The molecule has 0 fully saturated rings. The third-order valence-corrected chi connectivity index (χ3v) is 5.97. The van der Waals surface area contributed by atoms with Crippen LogP contribution in [-0.2, 0) is 7.05 Å². The SMILES string of the molecule is Cc1ccc2cc(C)[n+](C)c3c2c1Oc1c-3c(C)c2ccccc2c1C. The second-order valence-corrected chi connectivity index (χ2v) is 7.47. The molecule has 0 N–H and O–H groups in total. The van der Waals surface area contributed by atoms with Crippen molar-refractivity contribution in [3.8, 4) is 22.8 Å². The number of fused-ring (bicyclic) bond motifs is 3. The molecule has 0 unspecified atom stereocenters. The Hall–Kier alpha value is -2.87. The van der Waals surface area contributed by atoms with Gasteiger partial charge >= 0.3 is 0 Å². The van der Waals surface area contributed by atoms with Crippen molar-refractivity contribution in [1.29, 1.82) is 0 Å². The van der Waals surface area contributed by atoms with E-state index in [1.54, 1.807) is 0 Å². The van der Waals surface area contributed by atoms with Crippen LogP contribution < -0.4 is 9.30 Å². The van der Waals surface area contributed by atoms with E-state index in [1.807, 2.05) is 0 Å². The topological polar surface area (TPSA) is 13.1 Å². The summed E-state index contributed by atoms with van der Waals surface area (Å²) in [6.45, 7) is 8.70. The zero-order chi connectivity index (χ0) is 18.2. The van der Waals surface area contributed by atoms with Crippen molar-refractivity contribution >= 4 is 21.5 Å². The summed E-state index contributed by atoms with van der Waals surface area (Å²) in [5.41, 5.74) is 7.43. The third-order valence-electron chi connectivity index (χ3n) is 5.97. The van der Waals surface area contributed by atoms with Crippen LogP contribution in [0.4, 0.5) is 0 Å². The Bertz CT molecular complexity index is 1250.